The van der Waals surface area contributed by atoms with Gasteiger partial charge in [-0.1, -0.05) is 0 Å². The minimum absolute atomic E-state index is 0.130. The lowest BCUT2D eigenvalue weighted by atomic mass is 10.5. The molecule has 3 amide bonds. The molecule has 0 aliphatic heterocycles. The van der Waals surface area contributed by atoms with Crippen LogP contribution in [0.2, 0.25) is 0 Å². The first-order chi connectivity index (χ1) is 4.04. The Morgan fingerprint density at radius 3 is 2.00 bits per heavy atom. The van der Waals surface area contributed by atoms with Gasteiger partial charge in [-0.15, -0.1) is 0 Å². The van der Waals surface area contributed by atoms with E-state index in [1.54, 1.807) is 0 Å². The third-order valence-corrected chi connectivity index (χ3v) is 0.769. The maximum absolute atomic E-state index is 10.2. The first-order valence-corrected chi connectivity index (χ1v) is 2.33. The summed E-state index contributed by atoms with van der Waals surface area (Å²) in [4.78, 5) is 21.3. The van der Waals surface area contributed by atoms with Gasteiger partial charge in [-0.05, 0) is 0 Å². The summed E-state index contributed by atoms with van der Waals surface area (Å²) in [5.41, 5.74) is 9.51. The number of urea groups is 1. The van der Waals surface area contributed by atoms with Gasteiger partial charge in [0.05, 0.1) is 0 Å². The van der Waals surface area contributed by atoms with E-state index in [0.29, 0.717) is 0 Å². The molecule has 4 N–H and O–H groups in total. The van der Waals surface area contributed by atoms with Crippen molar-refractivity contribution in [2.24, 2.45) is 11.5 Å². The smallest absolute Gasteiger partial charge is 0.314 e. The molecule has 0 unspecified atom stereocenters. The molecule has 0 rings (SSSR count). The molecule has 52 valence electrons. The molecule has 5 heteroatoms. The zero-order valence-electron chi connectivity index (χ0n) is 5.13. The van der Waals surface area contributed by atoms with Gasteiger partial charge in [0.1, 0.15) is 6.54 Å². The van der Waals surface area contributed by atoms with Crippen LogP contribution < -0.4 is 11.5 Å². The van der Waals surface area contributed by atoms with Gasteiger partial charge in [-0.3, -0.25) is 4.79 Å². The molecule has 0 fully saturated rings. The van der Waals surface area contributed by atoms with Gasteiger partial charge in [0.25, 0.3) is 0 Å². The predicted octanol–water partition coefficient (Wildman–Crippen LogP) is -1.52. The number of rotatable bonds is 2. The van der Waals surface area contributed by atoms with E-state index in [1.165, 1.54) is 7.05 Å². The molecule has 0 radical (unpaired) electrons. The minimum Gasteiger partial charge on any atom is -0.368 e. The lowest BCUT2D eigenvalue weighted by Crippen LogP contribution is -2.38. The molecule has 0 aromatic rings. The van der Waals surface area contributed by atoms with Gasteiger partial charge in [-0.2, -0.15) is 0 Å². The molecule has 0 atom stereocenters. The van der Waals surface area contributed by atoms with Crippen LogP contribution in [0.4, 0.5) is 4.79 Å². The predicted molar refractivity (Wildman–Crippen MR) is 31.4 cm³/mol. The van der Waals surface area contributed by atoms with Gasteiger partial charge in [0.15, 0.2) is 0 Å². The van der Waals surface area contributed by atoms with Crippen LogP contribution >= 0.6 is 0 Å². The van der Waals surface area contributed by atoms with Gasteiger partial charge in [0.2, 0.25) is 5.91 Å². The number of primary amides is 2. The van der Waals surface area contributed by atoms with Crippen LogP contribution in [0.5, 0.6) is 0 Å². The molecule has 5 nitrogen and oxygen atoms in total. The summed E-state index contributed by atoms with van der Waals surface area (Å²) < 4.78 is 0. The van der Waals surface area contributed by atoms with Gasteiger partial charge in [0, 0.05) is 7.05 Å². The summed E-state index contributed by atoms with van der Waals surface area (Å²) in [6.45, 7) is -0.130. The summed E-state index contributed by atoms with van der Waals surface area (Å²) >= 11 is 0. The van der Waals surface area contributed by atoms with Crippen LogP contribution in [-0.2, 0) is 4.79 Å². The number of hydrogen-bond acceptors (Lipinski definition) is 2. The Kier molecular flexibility index (Phi) is 2.50. The first kappa shape index (κ1) is 7.74. The molecular formula is C4H9N3O2. The van der Waals surface area contributed by atoms with Crippen LogP contribution in [0.25, 0.3) is 0 Å². The fraction of sp³-hybridized carbons (Fsp3) is 0.500. The zero-order valence-corrected chi connectivity index (χ0v) is 5.13. The van der Waals surface area contributed by atoms with Crippen molar-refractivity contribution in [2.45, 2.75) is 0 Å². The van der Waals surface area contributed by atoms with Crippen molar-refractivity contribution in [3.05, 3.63) is 0 Å². The average Bonchev–Trinajstić information content (AvgIpc) is 1.63. The van der Waals surface area contributed by atoms with E-state index in [2.05, 4.69) is 0 Å². The fourth-order valence-electron chi connectivity index (χ4n) is 0.312. The highest BCUT2D eigenvalue weighted by Crippen LogP contribution is 1.76. The van der Waals surface area contributed by atoms with Crippen molar-refractivity contribution in [1.29, 1.82) is 0 Å². The molecule has 0 aliphatic rings. The van der Waals surface area contributed by atoms with Gasteiger partial charge >= 0.3 is 6.03 Å². The Bertz CT molecular complexity index is 134. The van der Waals surface area contributed by atoms with Crippen LogP contribution in [0.1, 0.15) is 0 Å². The molecule has 0 spiro atoms. The number of nitrogens with two attached hydrogens (primary N) is 2. The lowest BCUT2D eigenvalue weighted by Gasteiger charge is -2.09. The van der Waals surface area contributed by atoms with Crippen molar-refractivity contribution < 1.29 is 9.59 Å². The highest BCUT2D eigenvalue weighted by atomic mass is 16.2. The summed E-state index contributed by atoms with van der Waals surface area (Å²) in [5, 5.41) is 0. The number of carbonyl (C=O) groups excluding carboxylic acids is 2. The summed E-state index contributed by atoms with van der Waals surface area (Å²) in [6.07, 6.45) is 0. The second-order valence-electron chi connectivity index (χ2n) is 1.66. The Morgan fingerprint density at radius 2 is 1.89 bits per heavy atom. The van der Waals surface area contributed by atoms with E-state index in [-0.39, 0.29) is 6.54 Å². The topological polar surface area (TPSA) is 89.4 Å². The van der Waals surface area contributed by atoms with Crippen molar-refractivity contribution in [2.75, 3.05) is 13.6 Å². The Hall–Kier alpha value is -1.26. The number of amides is 3. The van der Waals surface area contributed by atoms with Gasteiger partial charge in [-0.25, -0.2) is 4.79 Å². The molecule has 9 heavy (non-hydrogen) atoms. The van der Waals surface area contributed by atoms with E-state index < -0.39 is 11.9 Å². The normalized spacial score (nSPS) is 8.56. The fourth-order valence-corrected chi connectivity index (χ4v) is 0.312. The number of hydrogen-bond donors (Lipinski definition) is 2. The number of carbonyl (C=O) groups is 2. The summed E-state index contributed by atoms with van der Waals surface area (Å²) in [5.74, 6) is -0.573. The Balaban J connectivity index is 3.63. The largest absolute Gasteiger partial charge is 0.368 e. The molecule has 0 saturated carbocycles. The maximum Gasteiger partial charge on any atom is 0.314 e. The zero-order chi connectivity index (χ0) is 7.44. The van der Waals surface area contributed by atoms with Gasteiger partial charge < -0.3 is 16.4 Å². The summed E-state index contributed by atoms with van der Waals surface area (Å²) in [7, 11) is 1.40. The van der Waals surface area contributed by atoms with Crippen molar-refractivity contribution in [1.82, 2.24) is 4.90 Å². The third-order valence-electron chi connectivity index (χ3n) is 0.769. The van der Waals surface area contributed by atoms with Crippen molar-refractivity contribution in [3.63, 3.8) is 0 Å². The molecule has 0 heterocycles. The van der Waals surface area contributed by atoms with E-state index in [0.717, 1.165) is 4.90 Å². The lowest BCUT2D eigenvalue weighted by molar-refractivity contribution is -0.118. The molecule has 0 saturated heterocycles. The maximum atomic E-state index is 10.2. The third kappa shape index (κ3) is 3.33. The summed E-state index contributed by atoms with van der Waals surface area (Å²) in [6, 6.07) is -0.659. The number of likely N-dealkylation sites (N-methyl/N-ethyl adjacent to an activating group) is 1. The number of nitrogens with zero attached hydrogens (tertiary/aromatic N) is 1. The molecule has 0 aromatic carbocycles. The highest BCUT2D eigenvalue weighted by molar-refractivity contribution is 5.81. The van der Waals surface area contributed by atoms with E-state index in [1.807, 2.05) is 0 Å². The average molecular weight is 131 g/mol. The van der Waals surface area contributed by atoms with E-state index >= 15 is 0 Å². The second-order valence-corrected chi connectivity index (χ2v) is 1.66. The Labute approximate surface area is 52.6 Å². The highest BCUT2D eigenvalue weighted by Gasteiger charge is 2.04. The molecule has 0 aliphatic carbocycles. The van der Waals surface area contributed by atoms with Crippen LogP contribution in [0, 0.1) is 0 Å². The monoisotopic (exact) mass is 131 g/mol. The van der Waals surface area contributed by atoms with Crippen molar-refractivity contribution in [3.8, 4) is 0 Å². The second kappa shape index (κ2) is 2.91. The van der Waals surface area contributed by atoms with E-state index in [9.17, 15) is 9.59 Å². The Morgan fingerprint density at radius 1 is 1.44 bits per heavy atom. The first-order valence-electron chi connectivity index (χ1n) is 2.33. The van der Waals surface area contributed by atoms with Crippen LogP contribution in [-0.4, -0.2) is 30.4 Å². The standard InChI is InChI=1S/C4H9N3O2/c1-7(4(6)9)2-3(5)8/h2H2,1H3,(H2,5,8)(H2,6,9). The molecular weight excluding hydrogens is 122 g/mol. The minimum atomic E-state index is -0.659. The van der Waals surface area contributed by atoms with Crippen LogP contribution in [0.3, 0.4) is 0 Å². The van der Waals surface area contributed by atoms with Crippen molar-refractivity contribution >= 4 is 11.9 Å². The SMILES string of the molecule is CN(CC(N)=O)C(N)=O. The van der Waals surface area contributed by atoms with Crippen LogP contribution in [0.15, 0.2) is 0 Å². The van der Waals surface area contributed by atoms with E-state index in [4.69, 9.17) is 11.5 Å². The molecule has 0 aromatic heterocycles. The molecule has 0 bridgehead atoms. The quantitative estimate of drug-likeness (QED) is 0.476.